The van der Waals surface area contributed by atoms with Crippen molar-refractivity contribution in [3.63, 3.8) is 0 Å². The molecule has 0 aliphatic heterocycles. The molecule has 5 aromatic rings. The second kappa shape index (κ2) is 12.7. The number of ether oxygens (including phenoxy) is 1. The average Bonchev–Trinajstić information content (AvgIpc) is 3.01. The zero-order chi connectivity index (χ0) is 27.6. The third-order valence-electron chi connectivity index (χ3n) is 5.69. The third-order valence-corrected chi connectivity index (χ3v) is 5.69. The number of nitrogens with zero attached hydrogens (tertiary/aromatic N) is 6. The number of hydrogen-bond acceptors (Lipinski definition) is 10. The number of rotatable bonds is 10. The minimum absolute atomic E-state index is 0.359. The summed E-state index contributed by atoms with van der Waals surface area (Å²) >= 11 is 0. The van der Waals surface area contributed by atoms with E-state index in [1.165, 1.54) is 0 Å². The third kappa shape index (κ3) is 7.23. The predicted molar refractivity (Wildman–Crippen MR) is 158 cm³/mol. The van der Waals surface area contributed by atoms with Crippen LogP contribution in [0.3, 0.4) is 0 Å². The number of hydrogen-bond donors (Lipinski definition) is 3. The largest absolute Gasteiger partial charge is 0.457 e. The molecule has 0 bridgehead atoms. The van der Waals surface area contributed by atoms with E-state index in [9.17, 15) is 0 Å². The van der Waals surface area contributed by atoms with Gasteiger partial charge in [-0.3, -0.25) is 20.8 Å². The van der Waals surface area contributed by atoms with E-state index in [1.807, 2.05) is 92.7 Å². The molecule has 2 aromatic carbocycles. The summed E-state index contributed by atoms with van der Waals surface area (Å²) in [6.45, 7) is 3.81. The van der Waals surface area contributed by atoms with Crippen LogP contribution in [0.1, 0.15) is 25.0 Å². The van der Waals surface area contributed by atoms with Crippen molar-refractivity contribution in [1.82, 2.24) is 19.9 Å². The number of anilines is 4. The van der Waals surface area contributed by atoms with E-state index in [1.54, 1.807) is 30.9 Å². The van der Waals surface area contributed by atoms with Crippen LogP contribution in [0.2, 0.25) is 0 Å². The van der Waals surface area contributed by atoms with Gasteiger partial charge < -0.3 is 10.1 Å². The van der Waals surface area contributed by atoms with Gasteiger partial charge in [-0.05, 0) is 74.5 Å². The smallest absolute Gasteiger partial charge is 0.231 e. The summed E-state index contributed by atoms with van der Waals surface area (Å²) in [7, 11) is 0. The van der Waals surface area contributed by atoms with Crippen LogP contribution in [0.4, 0.5) is 23.3 Å². The summed E-state index contributed by atoms with van der Waals surface area (Å²) < 4.78 is 5.89. The molecule has 0 amide bonds. The molecular weight excluding hydrogens is 502 g/mol. The van der Waals surface area contributed by atoms with E-state index in [2.05, 4.69) is 46.3 Å². The Morgan fingerprint density at radius 3 is 1.65 bits per heavy atom. The molecule has 3 aromatic heterocycles. The van der Waals surface area contributed by atoms with Crippen molar-refractivity contribution in [3.05, 3.63) is 121 Å². The minimum atomic E-state index is 0.359. The number of aromatic nitrogens is 4. The van der Waals surface area contributed by atoms with Crippen molar-refractivity contribution in [1.29, 1.82) is 0 Å². The fourth-order valence-electron chi connectivity index (χ4n) is 3.58. The summed E-state index contributed by atoms with van der Waals surface area (Å²) in [6.07, 6.45) is 6.90. The van der Waals surface area contributed by atoms with Gasteiger partial charge in [-0.1, -0.05) is 18.2 Å². The Hall–Kier alpha value is -5.64. The molecular formula is C30H27N9O. The highest BCUT2D eigenvalue weighted by atomic mass is 16.5. The maximum atomic E-state index is 5.89. The lowest BCUT2D eigenvalue weighted by atomic mass is 10.2. The van der Waals surface area contributed by atoms with E-state index < -0.39 is 0 Å². The van der Waals surface area contributed by atoms with E-state index >= 15 is 0 Å². The fraction of sp³-hybridized carbons (Fsp3) is 0.0667. The molecule has 10 nitrogen and oxygen atoms in total. The quantitative estimate of drug-likeness (QED) is 0.139. The number of nitrogens with one attached hydrogen (secondary N) is 3. The lowest BCUT2D eigenvalue weighted by molar-refractivity contribution is 0.483. The maximum Gasteiger partial charge on any atom is 0.231 e. The maximum absolute atomic E-state index is 5.89. The number of hydrazone groups is 2. The SMILES string of the molecule is CC(=NNc1cc(NN=C(C)c2ccncc2)nc(Nc2ccc(Oc3ccccc3)cc2)n1)c1ccncc1. The predicted octanol–water partition coefficient (Wildman–Crippen LogP) is 6.47. The summed E-state index contributed by atoms with van der Waals surface area (Å²) in [5, 5.41) is 12.2. The molecule has 0 saturated carbocycles. The van der Waals surface area contributed by atoms with Crippen molar-refractivity contribution in [2.45, 2.75) is 13.8 Å². The second-order valence-electron chi connectivity index (χ2n) is 8.62. The Kier molecular flexibility index (Phi) is 8.28. The van der Waals surface area contributed by atoms with Crippen LogP contribution in [0, 0.1) is 0 Å². The molecule has 0 radical (unpaired) electrons. The molecule has 0 aliphatic carbocycles. The first-order valence-corrected chi connectivity index (χ1v) is 12.5. The minimum Gasteiger partial charge on any atom is -0.457 e. The molecule has 40 heavy (non-hydrogen) atoms. The van der Waals surface area contributed by atoms with Crippen LogP contribution in [0.5, 0.6) is 11.5 Å². The van der Waals surface area contributed by atoms with Gasteiger partial charge in [-0.15, -0.1) is 0 Å². The molecule has 3 heterocycles. The number of pyridine rings is 2. The molecule has 0 aliphatic rings. The first-order valence-electron chi connectivity index (χ1n) is 12.5. The molecule has 10 heteroatoms. The highest BCUT2D eigenvalue weighted by molar-refractivity contribution is 5.99. The number of para-hydroxylation sites is 1. The Labute approximate surface area is 231 Å². The lowest BCUT2D eigenvalue weighted by Crippen LogP contribution is -2.06. The Morgan fingerprint density at radius 1 is 0.625 bits per heavy atom. The van der Waals surface area contributed by atoms with Crippen LogP contribution >= 0.6 is 0 Å². The highest BCUT2D eigenvalue weighted by Crippen LogP contribution is 2.24. The first-order chi connectivity index (χ1) is 19.6. The van der Waals surface area contributed by atoms with Gasteiger partial charge in [0.05, 0.1) is 11.4 Å². The second-order valence-corrected chi connectivity index (χ2v) is 8.62. The van der Waals surface area contributed by atoms with Crippen molar-refractivity contribution < 1.29 is 4.74 Å². The summed E-state index contributed by atoms with van der Waals surface area (Å²) in [4.78, 5) is 17.3. The van der Waals surface area contributed by atoms with Gasteiger partial charge in [0.1, 0.15) is 11.5 Å². The van der Waals surface area contributed by atoms with Gasteiger partial charge in [-0.25, -0.2) is 0 Å². The molecule has 5 rings (SSSR count). The zero-order valence-electron chi connectivity index (χ0n) is 22.0. The van der Waals surface area contributed by atoms with Crippen molar-refractivity contribution in [2.75, 3.05) is 16.2 Å². The van der Waals surface area contributed by atoms with Crippen LogP contribution in [-0.2, 0) is 0 Å². The van der Waals surface area contributed by atoms with Gasteiger partial charge in [0.2, 0.25) is 5.95 Å². The average molecular weight is 530 g/mol. The molecule has 0 fully saturated rings. The molecule has 198 valence electrons. The van der Waals surface area contributed by atoms with Crippen molar-refractivity contribution in [2.24, 2.45) is 10.2 Å². The van der Waals surface area contributed by atoms with E-state index in [4.69, 9.17) is 4.74 Å². The van der Waals surface area contributed by atoms with Crippen LogP contribution in [0.15, 0.2) is 120 Å². The number of benzene rings is 2. The Bertz CT molecular complexity index is 1520. The molecule has 0 spiro atoms. The first kappa shape index (κ1) is 26.0. The van der Waals surface area contributed by atoms with Crippen LogP contribution in [0.25, 0.3) is 0 Å². The lowest BCUT2D eigenvalue weighted by Gasteiger charge is -2.11. The summed E-state index contributed by atoms with van der Waals surface area (Å²) in [5.41, 5.74) is 10.3. The monoisotopic (exact) mass is 529 g/mol. The molecule has 0 unspecified atom stereocenters. The topological polar surface area (TPSA) is 122 Å². The standard InChI is InChI=1S/C30H27N9O/c1-21(23-12-16-31-17-13-23)36-38-28-20-29(39-37-22(2)24-14-18-32-19-15-24)35-30(34-28)33-25-8-10-27(11-9-25)40-26-6-4-3-5-7-26/h3-20H,1-2H3,(H3,33,34,35,38,39). The summed E-state index contributed by atoms with van der Waals surface area (Å²) in [5.74, 6) is 2.81. The van der Waals surface area contributed by atoms with Crippen LogP contribution in [-0.4, -0.2) is 31.4 Å². The zero-order valence-corrected chi connectivity index (χ0v) is 22.0. The molecule has 0 atom stereocenters. The normalized spacial score (nSPS) is 11.6. The van der Waals surface area contributed by atoms with E-state index in [0.717, 1.165) is 39.7 Å². The van der Waals surface area contributed by atoms with E-state index in [-0.39, 0.29) is 0 Å². The molecule has 0 saturated heterocycles. The Morgan fingerprint density at radius 2 is 1.12 bits per heavy atom. The van der Waals surface area contributed by atoms with Crippen molar-refractivity contribution >= 4 is 34.7 Å². The van der Waals surface area contributed by atoms with Gasteiger partial charge in [-0.2, -0.15) is 20.2 Å². The summed E-state index contributed by atoms with van der Waals surface area (Å²) in [6, 6.07) is 26.5. The van der Waals surface area contributed by atoms with Crippen molar-refractivity contribution in [3.8, 4) is 11.5 Å². The van der Waals surface area contributed by atoms with E-state index in [0.29, 0.717) is 17.6 Å². The van der Waals surface area contributed by atoms with Gasteiger partial charge >= 0.3 is 0 Å². The fourth-order valence-corrected chi connectivity index (χ4v) is 3.58. The Balaban J connectivity index is 1.36. The van der Waals surface area contributed by atoms with Crippen LogP contribution < -0.4 is 20.9 Å². The van der Waals surface area contributed by atoms with Gasteiger partial charge in [0, 0.05) is 47.7 Å². The highest BCUT2D eigenvalue weighted by Gasteiger charge is 2.07. The molecule has 3 N–H and O–H groups in total. The van der Waals surface area contributed by atoms with Gasteiger partial charge in [0.15, 0.2) is 11.6 Å². The van der Waals surface area contributed by atoms with Gasteiger partial charge in [0.25, 0.3) is 0 Å².